The lowest BCUT2D eigenvalue weighted by Gasteiger charge is -2.16. The van der Waals surface area contributed by atoms with Crippen molar-refractivity contribution in [3.05, 3.63) is 62.6 Å². The van der Waals surface area contributed by atoms with Gasteiger partial charge in [0, 0.05) is 52.4 Å². The van der Waals surface area contributed by atoms with Crippen molar-refractivity contribution in [2.24, 2.45) is 7.05 Å². The second kappa shape index (κ2) is 8.98. The molecule has 0 spiro atoms. The number of amides is 1. The number of aromatic nitrogens is 3. The molecule has 9 heteroatoms. The average Bonchev–Trinajstić information content (AvgIpc) is 3.35. The number of thiophene rings is 1. The van der Waals surface area contributed by atoms with Gasteiger partial charge in [0.2, 0.25) is 5.88 Å². The van der Waals surface area contributed by atoms with Gasteiger partial charge < -0.3 is 24.7 Å². The van der Waals surface area contributed by atoms with Crippen molar-refractivity contribution in [3.63, 3.8) is 0 Å². The smallest absolute Gasteiger partial charge is 0.274 e. The Balaban J connectivity index is 1.99. The van der Waals surface area contributed by atoms with Crippen molar-refractivity contribution in [3.8, 4) is 22.1 Å². The van der Waals surface area contributed by atoms with E-state index in [0.29, 0.717) is 33.8 Å². The quantitative estimate of drug-likeness (QED) is 0.358. The van der Waals surface area contributed by atoms with Crippen LogP contribution in [0.4, 0.5) is 0 Å². The number of ether oxygens (including phenoxy) is 1. The molecule has 4 aromatic heterocycles. The van der Waals surface area contributed by atoms with E-state index in [1.165, 1.54) is 15.9 Å². The Labute approximate surface area is 207 Å². The summed E-state index contributed by atoms with van der Waals surface area (Å²) in [6, 6.07) is 5.40. The van der Waals surface area contributed by atoms with Gasteiger partial charge in [-0.25, -0.2) is 4.98 Å². The number of carbonyl (C=O) groups excluding carboxylic acids is 1. The third-order valence-corrected chi connectivity index (χ3v) is 7.30. The predicted molar refractivity (Wildman–Crippen MR) is 138 cm³/mol. The first-order valence-electron chi connectivity index (χ1n) is 11.4. The molecule has 0 saturated heterocycles. The molecule has 8 nitrogen and oxygen atoms in total. The van der Waals surface area contributed by atoms with Crippen LogP contribution in [0.25, 0.3) is 21.3 Å². The summed E-state index contributed by atoms with van der Waals surface area (Å²) in [5.41, 5.74) is 1.66. The number of carbonyl (C=O) groups is 1. The Hall–Kier alpha value is -3.43. The maximum atomic E-state index is 12.9. The molecule has 4 aromatic rings. The molecule has 0 aliphatic carbocycles. The van der Waals surface area contributed by atoms with Crippen LogP contribution in [0.15, 0.2) is 35.4 Å². The van der Waals surface area contributed by atoms with Gasteiger partial charge >= 0.3 is 0 Å². The summed E-state index contributed by atoms with van der Waals surface area (Å²) in [6.07, 6.45) is 3.40. The van der Waals surface area contributed by atoms with Crippen LogP contribution in [0.1, 0.15) is 54.2 Å². The third-order valence-electron chi connectivity index (χ3n) is 5.68. The van der Waals surface area contributed by atoms with E-state index < -0.39 is 5.60 Å². The van der Waals surface area contributed by atoms with E-state index in [0.717, 1.165) is 20.9 Å². The lowest BCUT2D eigenvalue weighted by atomic mass is 10.0. The first-order chi connectivity index (χ1) is 16.4. The molecule has 0 aromatic carbocycles. The molecular weight excluding hydrogens is 464 g/mol. The molecule has 4 rings (SSSR count). The molecule has 0 radical (unpaired) electrons. The number of pyridine rings is 2. The van der Waals surface area contributed by atoms with Gasteiger partial charge in [-0.05, 0) is 53.7 Å². The van der Waals surface area contributed by atoms with Gasteiger partial charge in [0.25, 0.3) is 11.5 Å². The van der Waals surface area contributed by atoms with Crippen molar-refractivity contribution in [1.82, 2.24) is 19.9 Å². The van der Waals surface area contributed by atoms with Crippen LogP contribution in [-0.2, 0) is 12.6 Å². The Kier molecular flexibility index (Phi) is 6.33. The number of aliphatic hydroxyl groups is 1. The van der Waals surface area contributed by atoms with E-state index in [2.05, 4.69) is 15.3 Å². The molecule has 0 saturated carbocycles. The number of nitrogens with zero attached hydrogens (tertiary/aromatic N) is 2. The highest BCUT2D eigenvalue weighted by atomic mass is 32.1. The summed E-state index contributed by atoms with van der Waals surface area (Å²) in [5, 5.41) is 14.3. The molecule has 0 fully saturated rings. The van der Waals surface area contributed by atoms with Crippen LogP contribution < -0.4 is 15.6 Å². The van der Waals surface area contributed by atoms with Gasteiger partial charge in [-0.1, -0.05) is 6.07 Å². The van der Waals surface area contributed by atoms with Crippen LogP contribution in [0.5, 0.6) is 11.6 Å². The normalized spacial score (nSPS) is 11.9. The minimum atomic E-state index is -1.11. The number of aromatic amines is 1. The zero-order valence-corrected chi connectivity index (χ0v) is 21.8. The predicted octanol–water partition coefficient (Wildman–Crippen LogP) is 4.76. The summed E-state index contributed by atoms with van der Waals surface area (Å²) in [4.78, 5) is 34.5. The zero-order chi connectivity index (χ0) is 25.7. The second-order valence-electron chi connectivity index (χ2n) is 9.56. The van der Waals surface area contributed by atoms with Crippen LogP contribution in [0.2, 0.25) is 0 Å². The Morgan fingerprint density at radius 3 is 2.66 bits per heavy atom. The van der Waals surface area contributed by atoms with Crippen molar-refractivity contribution in [2.45, 2.75) is 53.2 Å². The molecule has 35 heavy (non-hydrogen) atoms. The van der Waals surface area contributed by atoms with Crippen LogP contribution >= 0.6 is 11.3 Å². The fraction of sp³-hybridized carbons (Fsp3) is 0.346. The highest BCUT2D eigenvalue weighted by Gasteiger charge is 2.29. The number of fused-ring (bicyclic) bond motifs is 1. The van der Waals surface area contributed by atoms with E-state index in [1.807, 2.05) is 39.8 Å². The van der Waals surface area contributed by atoms with Crippen molar-refractivity contribution in [2.75, 3.05) is 0 Å². The molecule has 0 aliphatic rings. The molecule has 0 atom stereocenters. The van der Waals surface area contributed by atoms with Gasteiger partial charge in [0.05, 0.1) is 10.5 Å². The Morgan fingerprint density at radius 2 is 2.03 bits per heavy atom. The molecule has 3 N–H and O–H groups in total. The van der Waals surface area contributed by atoms with E-state index in [1.54, 1.807) is 39.4 Å². The average molecular weight is 495 g/mol. The number of H-pyrrole nitrogens is 1. The lowest BCUT2D eigenvalue weighted by molar-refractivity contribution is 0.0817. The highest BCUT2D eigenvalue weighted by Crippen LogP contribution is 2.49. The summed E-state index contributed by atoms with van der Waals surface area (Å²) in [5.74, 6) is 0.733. The highest BCUT2D eigenvalue weighted by molar-refractivity contribution is 7.16. The Morgan fingerprint density at radius 1 is 1.31 bits per heavy atom. The van der Waals surface area contributed by atoms with Crippen molar-refractivity contribution < 1.29 is 14.6 Å². The van der Waals surface area contributed by atoms with Gasteiger partial charge in [-0.2, -0.15) is 0 Å². The first-order valence-corrected chi connectivity index (χ1v) is 12.2. The number of aryl methyl sites for hydroxylation is 2. The van der Waals surface area contributed by atoms with Crippen LogP contribution in [0, 0.1) is 13.8 Å². The SMILES string of the molecule is Cc1cccnc1Oc1c(-c2cn(C)c(=O)c3[nH]c(C(=O)NC(C)C)cc23)sc(C(C)(C)O)c1C. The van der Waals surface area contributed by atoms with E-state index in [4.69, 9.17) is 4.74 Å². The van der Waals surface area contributed by atoms with Gasteiger partial charge in [0.15, 0.2) is 5.75 Å². The van der Waals surface area contributed by atoms with Crippen molar-refractivity contribution >= 4 is 28.1 Å². The summed E-state index contributed by atoms with van der Waals surface area (Å²) >= 11 is 1.40. The van der Waals surface area contributed by atoms with Crippen molar-refractivity contribution in [1.29, 1.82) is 0 Å². The van der Waals surface area contributed by atoms with Gasteiger partial charge in [-0.15, -0.1) is 11.3 Å². The molecule has 0 aliphatic heterocycles. The molecule has 184 valence electrons. The van der Waals surface area contributed by atoms with E-state index in [9.17, 15) is 14.7 Å². The standard InChI is InChI=1S/C26H30N4O4S/c1-13(2)28-23(31)18-11-16-17(12-30(7)25(32)19(16)29-18)21-20(15(4)22(35-21)26(5,6)33)34-24-14(3)9-8-10-27-24/h8-13,29,33H,1-7H3,(H,28,31). The maximum absolute atomic E-state index is 12.9. The van der Waals surface area contributed by atoms with Crippen LogP contribution in [0.3, 0.4) is 0 Å². The van der Waals surface area contributed by atoms with Gasteiger partial charge in [-0.3, -0.25) is 9.59 Å². The summed E-state index contributed by atoms with van der Waals surface area (Å²) in [7, 11) is 1.67. The summed E-state index contributed by atoms with van der Waals surface area (Å²) in [6.45, 7) is 11.0. The van der Waals surface area contributed by atoms with E-state index >= 15 is 0 Å². The molecule has 0 unspecified atom stereocenters. The van der Waals surface area contributed by atoms with Gasteiger partial charge in [0.1, 0.15) is 11.2 Å². The number of hydrogen-bond donors (Lipinski definition) is 3. The van der Waals surface area contributed by atoms with E-state index in [-0.39, 0.29) is 17.5 Å². The molecule has 1 amide bonds. The maximum Gasteiger partial charge on any atom is 0.274 e. The first kappa shape index (κ1) is 24.7. The van der Waals surface area contributed by atoms with Crippen LogP contribution in [-0.4, -0.2) is 31.6 Å². The Bertz CT molecular complexity index is 1490. The third kappa shape index (κ3) is 4.61. The zero-order valence-electron chi connectivity index (χ0n) is 20.9. The lowest BCUT2D eigenvalue weighted by Crippen LogP contribution is -2.30. The monoisotopic (exact) mass is 494 g/mol. The molecule has 0 bridgehead atoms. The number of hydrogen-bond acceptors (Lipinski definition) is 6. The fourth-order valence-electron chi connectivity index (χ4n) is 4.03. The largest absolute Gasteiger partial charge is 0.437 e. The molecule has 4 heterocycles. The molecular formula is C26H30N4O4S. The minimum absolute atomic E-state index is 0.0490. The summed E-state index contributed by atoms with van der Waals surface area (Å²) < 4.78 is 7.82. The second-order valence-corrected chi connectivity index (χ2v) is 10.6. The fourth-order valence-corrected chi connectivity index (χ4v) is 5.29. The topological polar surface area (TPSA) is 109 Å². The minimum Gasteiger partial charge on any atom is -0.437 e. The number of nitrogens with one attached hydrogen (secondary N) is 2. The number of rotatable bonds is 6.